The number of hydrogen-bond donors (Lipinski definition) is 1. The molecule has 1 N–H and O–H groups in total. The summed E-state index contributed by atoms with van der Waals surface area (Å²) < 4.78 is 7.54. The number of nitrogens with zero attached hydrogens (tertiary/aromatic N) is 5. The number of aromatic amines is 1. The zero-order valence-electron chi connectivity index (χ0n) is 15.4. The molecule has 0 aliphatic carbocycles. The summed E-state index contributed by atoms with van der Waals surface area (Å²) >= 11 is 2.79. The molecular weight excluding hydrogens is 408 g/mol. The zero-order valence-corrected chi connectivity index (χ0v) is 17.0. The first kappa shape index (κ1) is 17.8. The van der Waals surface area contributed by atoms with Gasteiger partial charge in [0.1, 0.15) is 4.83 Å². The van der Waals surface area contributed by atoms with Crippen molar-refractivity contribution >= 4 is 33.3 Å². The smallest absolute Gasteiger partial charge is 0.260 e. The van der Waals surface area contributed by atoms with Crippen molar-refractivity contribution < 1.29 is 4.42 Å². The van der Waals surface area contributed by atoms with Crippen LogP contribution >= 0.6 is 23.1 Å². The predicted octanol–water partition coefficient (Wildman–Crippen LogP) is 3.99. The Balaban J connectivity index is 1.48. The van der Waals surface area contributed by atoms with Crippen LogP contribution < -0.4 is 5.56 Å². The maximum absolute atomic E-state index is 12.5. The zero-order chi connectivity index (χ0) is 20.0. The van der Waals surface area contributed by atoms with E-state index in [-0.39, 0.29) is 5.56 Å². The lowest BCUT2D eigenvalue weighted by atomic mass is 10.2. The Kier molecular flexibility index (Phi) is 4.29. The summed E-state index contributed by atoms with van der Waals surface area (Å²) in [6, 6.07) is 13.2. The van der Waals surface area contributed by atoms with E-state index in [1.165, 1.54) is 23.1 Å². The molecule has 5 rings (SSSR count). The summed E-state index contributed by atoms with van der Waals surface area (Å²) in [5.74, 6) is 0.882. The third kappa shape index (κ3) is 3.15. The largest absolute Gasteiger partial charge is 0.446 e. The second-order valence-electron chi connectivity index (χ2n) is 6.31. The van der Waals surface area contributed by atoms with Crippen LogP contribution in [0.4, 0.5) is 0 Å². The van der Waals surface area contributed by atoms with E-state index in [1.807, 2.05) is 44.2 Å². The number of furan rings is 1. The molecule has 0 aliphatic rings. The maximum atomic E-state index is 12.5. The highest BCUT2D eigenvalue weighted by atomic mass is 32.2. The maximum Gasteiger partial charge on any atom is 0.260 e. The minimum atomic E-state index is -0.162. The van der Waals surface area contributed by atoms with Crippen molar-refractivity contribution in [3.05, 3.63) is 63.3 Å². The van der Waals surface area contributed by atoms with Crippen LogP contribution in [0, 0.1) is 13.8 Å². The molecule has 1 aromatic carbocycles. The number of nitrogens with one attached hydrogen (secondary N) is 1. The summed E-state index contributed by atoms with van der Waals surface area (Å²) in [6.45, 7) is 3.92. The van der Waals surface area contributed by atoms with Crippen molar-refractivity contribution in [1.82, 2.24) is 30.2 Å². The third-order valence-electron chi connectivity index (χ3n) is 4.49. The van der Waals surface area contributed by atoms with Gasteiger partial charge < -0.3 is 9.40 Å². The third-order valence-corrected chi connectivity index (χ3v) is 6.45. The summed E-state index contributed by atoms with van der Waals surface area (Å²) in [5.41, 5.74) is 1.66. The van der Waals surface area contributed by atoms with E-state index in [9.17, 15) is 4.79 Å². The molecular formula is C19H14N6O2S2. The summed E-state index contributed by atoms with van der Waals surface area (Å²) in [4.78, 5) is 21.7. The van der Waals surface area contributed by atoms with Crippen LogP contribution in [-0.2, 0) is 0 Å². The number of benzene rings is 1. The molecule has 0 saturated heterocycles. The molecule has 0 spiro atoms. The molecule has 10 heteroatoms. The van der Waals surface area contributed by atoms with Gasteiger partial charge in [-0.15, -0.1) is 16.4 Å². The van der Waals surface area contributed by atoms with Gasteiger partial charge in [0.15, 0.2) is 16.7 Å². The summed E-state index contributed by atoms with van der Waals surface area (Å²) in [5, 5.41) is 13.7. The number of thiophene rings is 1. The number of tetrazole rings is 1. The van der Waals surface area contributed by atoms with E-state index < -0.39 is 0 Å². The Hall–Kier alpha value is -3.24. The van der Waals surface area contributed by atoms with Crippen molar-refractivity contribution in [3.63, 3.8) is 0 Å². The minimum Gasteiger partial charge on any atom is -0.446 e. The highest BCUT2D eigenvalue weighted by Crippen LogP contribution is 2.32. The molecule has 8 nitrogen and oxygen atoms in total. The molecule has 0 aliphatic heterocycles. The first-order valence-corrected chi connectivity index (χ1v) is 10.4. The fraction of sp³-hybridized carbons (Fsp3) is 0.105. The standard InChI is InChI=1S/C19H14N6O2S2/c1-10-11(2)28-18-15(10)17(26)20-16(21-18)13-8-9-14(27-13)29-19-22-23-24-25(19)12-6-4-3-5-7-12/h3-9H,1-2H3,(H,20,21,26). The van der Waals surface area contributed by atoms with Gasteiger partial charge in [0, 0.05) is 4.88 Å². The van der Waals surface area contributed by atoms with Crippen LogP contribution in [0.25, 0.3) is 27.5 Å². The van der Waals surface area contributed by atoms with Crippen molar-refractivity contribution in [2.24, 2.45) is 0 Å². The molecule has 0 fully saturated rings. The number of hydrogen-bond acceptors (Lipinski definition) is 8. The predicted molar refractivity (Wildman–Crippen MR) is 111 cm³/mol. The Morgan fingerprint density at radius 2 is 1.97 bits per heavy atom. The van der Waals surface area contributed by atoms with Gasteiger partial charge in [0.05, 0.1) is 11.1 Å². The van der Waals surface area contributed by atoms with Crippen LogP contribution in [0.15, 0.2) is 61.9 Å². The van der Waals surface area contributed by atoms with E-state index in [4.69, 9.17) is 4.42 Å². The van der Waals surface area contributed by atoms with Crippen molar-refractivity contribution in [2.75, 3.05) is 0 Å². The highest BCUT2D eigenvalue weighted by Gasteiger charge is 2.17. The molecule has 5 aromatic rings. The van der Waals surface area contributed by atoms with Gasteiger partial charge in [-0.1, -0.05) is 18.2 Å². The van der Waals surface area contributed by atoms with E-state index >= 15 is 0 Å². The monoisotopic (exact) mass is 422 g/mol. The number of para-hydroxylation sites is 1. The average Bonchev–Trinajstić information content (AvgIpc) is 3.43. The van der Waals surface area contributed by atoms with Crippen LogP contribution in [0.5, 0.6) is 0 Å². The quantitative estimate of drug-likeness (QED) is 0.467. The number of aryl methyl sites for hydroxylation is 2. The van der Waals surface area contributed by atoms with Gasteiger partial charge in [-0.25, -0.2) is 4.98 Å². The molecule has 0 bridgehead atoms. The Morgan fingerprint density at radius 1 is 1.14 bits per heavy atom. The molecule has 0 saturated carbocycles. The van der Waals surface area contributed by atoms with Crippen molar-refractivity contribution in [3.8, 4) is 17.3 Å². The van der Waals surface area contributed by atoms with Gasteiger partial charge in [-0.05, 0) is 65.9 Å². The average molecular weight is 422 g/mol. The van der Waals surface area contributed by atoms with Crippen LogP contribution in [0.2, 0.25) is 0 Å². The minimum absolute atomic E-state index is 0.162. The highest BCUT2D eigenvalue weighted by molar-refractivity contribution is 7.99. The number of aromatic nitrogens is 6. The van der Waals surface area contributed by atoms with Gasteiger partial charge in [-0.2, -0.15) is 4.68 Å². The van der Waals surface area contributed by atoms with Crippen molar-refractivity contribution in [1.29, 1.82) is 0 Å². The number of fused-ring (bicyclic) bond motifs is 1. The molecule has 29 heavy (non-hydrogen) atoms. The molecule has 0 amide bonds. The number of H-pyrrole nitrogens is 1. The van der Waals surface area contributed by atoms with E-state index in [0.717, 1.165) is 16.1 Å². The molecule has 4 heterocycles. The topological polar surface area (TPSA) is 102 Å². The lowest BCUT2D eigenvalue weighted by Gasteiger charge is -2.02. The van der Waals surface area contributed by atoms with Gasteiger partial charge >= 0.3 is 0 Å². The fourth-order valence-electron chi connectivity index (χ4n) is 2.94. The van der Waals surface area contributed by atoms with E-state index in [2.05, 4.69) is 25.5 Å². The fourth-order valence-corrected chi connectivity index (χ4v) is 4.72. The molecule has 0 unspecified atom stereocenters. The van der Waals surface area contributed by atoms with Gasteiger partial charge in [0.2, 0.25) is 5.16 Å². The van der Waals surface area contributed by atoms with Crippen molar-refractivity contribution in [2.45, 2.75) is 24.1 Å². The summed E-state index contributed by atoms with van der Waals surface area (Å²) in [7, 11) is 0. The first-order valence-electron chi connectivity index (χ1n) is 8.72. The van der Waals surface area contributed by atoms with Gasteiger partial charge in [0.25, 0.3) is 5.56 Å². The molecule has 4 aromatic heterocycles. The second kappa shape index (κ2) is 6.98. The lowest BCUT2D eigenvalue weighted by molar-refractivity contribution is 0.483. The molecule has 0 radical (unpaired) electrons. The van der Waals surface area contributed by atoms with Crippen LogP contribution in [0.1, 0.15) is 10.4 Å². The SMILES string of the molecule is Cc1sc2nc(-c3ccc(Sc4nnnn4-c4ccccc4)o3)[nH]c(=O)c2c1C. The molecule has 144 valence electrons. The Morgan fingerprint density at radius 3 is 2.79 bits per heavy atom. The van der Waals surface area contributed by atoms with E-state index in [0.29, 0.717) is 32.0 Å². The summed E-state index contributed by atoms with van der Waals surface area (Å²) in [6.07, 6.45) is 0. The van der Waals surface area contributed by atoms with Crippen LogP contribution in [-0.4, -0.2) is 30.2 Å². The Labute approximate surface area is 172 Å². The van der Waals surface area contributed by atoms with E-state index in [1.54, 1.807) is 16.8 Å². The first-order chi connectivity index (χ1) is 14.1. The lowest BCUT2D eigenvalue weighted by Crippen LogP contribution is -2.08. The van der Waals surface area contributed by atoms with Gasteiger partial charge in [-0.3, -0.25) is 4.79 Å². The molecule has 0 atom stereocenters. The normalized spacial score (nSPS) is 11.4. The Bertz CT molecular complexity index is 1380. The van der Waals surface area contributed by atoms with Crippen LogP contribution in [0.3, 0.4) is 0 Å². The second-order valence-corrected chi connectivity index (χ2v) is 8.48. The number of rotatable bonds is 4.